The third-order valence-corrected chi connectivity index (χ3v) is 4.68. The number of nitrogens with zero attached hydrogens (tertiary/aromatic N) is 1. The summed E-state index contributed by atoms with van der Waals surface area (Å²) in [6, 6.07) is 8.41. The first-order valence-corrected chi connectivity index (χ1v) is 9.45. The molecule has 0 saturated heterocycles. The highest BCUT2D eigenvalue weighted by molar-refractivity contribution is 5.61. The largest absolute Gasteiger partial charge is 0.484 e. The number of para-hydroxylation sites is 2. The van der Waals surface area contributed by atoms with Gasteiger partial charge in [-0.2, -0.15) is 0 Å². The Labute approximate surface area is 142 Å². The van der Waals surface area contributed by atoms with E-state index in [4.69, 9.17) is 4.74 Å². The first-order chi connectivity index (χ1) is 11.3. The molecule has 1 aliphatic heterocycles. The van der Waals surface area contributed by atoms with Crippen LogP contribution < -0.4 is 9.64 Å². The van der Waals surface area contributed by atoms with Crippen molar-refractivity contribution >= 4 is 5.69 Å². The van der Waals surface area contributed by atoms with Crippen molar-refractivity contribution in [3.05, 3.63) is 36.0 Å². The Bertz CT molecular complexity index is 494. The molecule has 0 N–H and O–H groups in total. The van der Waals surface area contributed by atoms with E-state index in [1.165, 1.54) is 56.2 Å². The van der Waals surface area contributed by atoms with Gasteiger partial charge in [0.1, 0.15) is 11.9 Å². The van der Waals surface area contributed by atoms with Crippen molar-refractivity contribution < 1.29 is 4.74 Å². The van der Waals surface area contributed by atoms with E-state index in [2.05, 4.69) is 56.3 Å². The van der Waals surface area contributed by atoms with Crippen molar-refractivity contribution in [1.82, 2.24) is 0 Å². The van der Waals surface area contributed by atoms with Gasteiger partial charge in [-0.1, -0.05) is 58.1 Å². The highest BCUT2D eigenvalue weighted by atomic mass is 16.5. The molecule has 128 valence electrons. The van der Waals surface area contributed by atoms with Crippen LogP contribution in [0, 0.1) is 0 Å². The van der Waals surface area contributed by atoms with Gasteiger partial charge < -0.3 is 9.64 Å². The lowest BCUT2D eigenvalue weighted by molar-refractivity contribution is 0.219. The number of ether oxygens (including phenoxy) is 1. The molecule has 2 nitrogen and oxygen atoms in total. The summed E-state index contributed by atoms with van der Waals surface area (Å²) in [7, 11) is 2.14. The lowest BCUT2D eigenvalue weighted by atomic mass is 9.98. The number of benzene rings is 1. The zero-order valence-corrected chi connectivity index (χ0v) is 15.2. The van der Waals surface area contributed by atoms with Crippen LogP contribution in [-0.4, -0.2) is 13.2 Å². The number of fused-ring (bicyclic) bond motifs is 1. The van der Waals surface area contributed by atoms with Gasteiger partial charge >= 0.3 is 0 Å². The molecular formula is C21H33NO. The van der Waals surface area contributed by atoms with Crippen molar-refractivity contribution in [2.45, 2.75) is 77.7 Å². The van der Waals surface area contributed by atoms with Gasteiger partial charge in [0.25, 0.3) is 0 Å². The Hall–Kier alpha value is -1.44. The van der Waals surface area contributed by atoms with Gasteiger partial charge in [-0.25, -0.2) is 0 Å². The fourth-order valence-electron chi connectivity index (χ4n) is 3.28. The Morgan fingerprint density at radius 3 is 2.48 bits per heavy atom. The second kappa shape index (κ2) is 9.64. The van der Waals surface area contributed by atoms with E-state index >= 15 is 0 Å². The number of unbranched alkanes of at least 4 members (excludes halogenated alkanes) is 5. The minimum absolute atomic E-state index is 0.245. The van der Waals surface area contributed by atoms with Crippen LogP contribution in [0.5, 0.6) is 5.75 Å². The summed E-state index contributed by atoms with van der Waals surface area (Å²) in [5.41, 5.74) is 2.64. The summed E-state index contributed by atoms with van der Waals surface area (Å²) in [6.45, 7) is 4.53. The van der Waals surface area contributed by atoms with Gasteiger partial charge in [0.15, 0.2) is 0 Å². The Balaban J connectivity index is 2.10. The Kier molecular flexibility index (Phi) is 7.51. The average Bonchev–Trinajstić information content (AvgIpc) is 2.69. The minimum Gasteiger partial charge on any atom is -0.484 e. The molecule has 0 saturated carbocycles. The van der Waals surface area contributed by atoms with Crippen LogP contribution in [-0.2, 0) is 0 Å². The second-order valence-corrected chi connectivity index (χ2v) is 6.70. The SMILES string of the molecule is CCCCCCC1Oc2ccccc2N(C)C=C1CCCCC. The van der Waals surface area contributed by atoms with E-state index in [-0.39, 0.29) is 6.10 Å². The van der Waals surface area contributed by atoms with Crippen molar-refractivity contribution in [2.24, 2.45) is 0 Å². The lowest BCUT2D eigenvalue weighted by Gasteiger charge is -2.20. The maximum atomic E-state index is 6.44. The van der Waals surface area contributed by atoms with Crippen LogP contribution in [0.1, 0.15) is 71.6 Å². The molecule has 0 aliphatic carbocycles. The molecule has 0 amide bonds. The Morgan fingerprint density at radius 1 is 0.957 bits per heavy atom. The summed E-state index contributed by atoms with van der Waals surface area (Å²) in [5, 5.41) is 0. The van der Waals surface area contributed by atoms with Gasteiger partial charge in [-0.15, -0.1) is 0 Å². The Morgan fingerprint density at radius 2 is 1.70 bits per heavy atom. The standard InChI is InChI=1S/C21H33NO/c1-4-6-8-10-15-20-18(13-9-7-5-2)17-22(3)19-14-11-12-16-21(19)23-20/h11-12,14,16-17,20H,4-10,13,15H2,1-3H3. The monoisotopic (exact) mass is 315 g/mol. The molecule has 0 radical (unpaired) electrons. The molecule has 1 aromatic carbocycles. The summed E-state index contributed by atoms with van der Waals surface area (Å²) < 4.78 is 6.44. The van der Waals surface area contributed by atoms with Gasteiger partial charge in [-0.3, -0.25) is 0 Å². The molecule has 0 bridgehead atoms. The van der Waals surface area contributed by atoms with E-state index in [0.717, 1.165) is 18.6 Å². The van der Waals surface area contributed by atoms with E-state index < -0.39 is 0 Å². The fourth-order valence-corrected chi connectivity index (χ4v) is 3.28. The van der Waals surface area contributed by atoms with Gasteiger partial charge in [0.05, 0.1) is 5.69 Å². The zero-order valence-electron chi connectivity index (χ0n) is 15.2. The maximum absolute atomic E-state index is 6.44. The first kappa shape index (κ1) is 17.9. The van der Waals surface area contributed by atoms with Crippen molar-refractivity contribution in [2.75, 3.05) is 11.9 Å². The van der Waals surface area contributed by atoms with E-state index in [9.17, 15) is 0 Å². The number of anilines is 1. The molecule has 0 spiro atoms. The molecule has 23 heavy (non-hydrogen) atoms. The van der Waals surface area contributed by atoms with Crippen LogP contribution in [0.4, 0.5) is 5.69 Å². The number of hydrogen-bond donors (Lipinski definition) is 0. The molecule has 1 aliphatic rings. The number of hydrogen-bond acceptors (Lipinski definition) is 2. The highest BCUT2D eigenvalue weighted by Crippen LogP contribution is 2.35. The predicted molar refractivity (Wildman–Crippen MR) is 100 cm³/mol. The molecule has 2 heteroatoms. The molecular weight excluding hydrogens is 282 g/mol. The molecule has 1 aromatic rings. The first-order valence-electron chi connectivity index (χ1n) is 9.45. The predicted octanol–water partition coefficient (Wildman–Crippen LogP) is 6.32. The normalized spacial score (nSPS) is 17.3. The molecule has 2 rings (SSSR count). The van der Waals surface area contributed by atoms with E-state index in [1.54, 1.807) is 0 Å². The maximum Gasteiger partial charge on any atom is 0.143 e. The summed E-state index contributed by atoms with van der Waals surface area (Å²) in [6.07, 6.45) is 13.9. The zero-order chi connectivity index (χ0) is 16.5. The van der Waals surface area contributed by atoms with Crippen LogP contribution in [0.15, 0.2) is 36.0 Å². The van der Waals surface area contributed by atoms with Crippen LogP contribution in [0.25, 0.3) is 0 Å². The summed E-state index contributed by atoms with van der Waals surface area (Å²) in [4.78, 5) is 2.24. The molecule has 0 fully saturated rings. The quantitative estimate of drug-likeness (QED) is 0.494. The van der Waals surface area contributed by atoms with Crippen molar-refractivity contribution in [3.63, 3.8) is 0 Å². The molecule has 1 atom stereocenters. The van der Waals surface area contributed by atoms with Crippen molar-refractivity contribution in [3.8, 4) is 5.75 Å². The summed E-state index contributed by atoms with van der Waals surface area (Å²) in [5.74, 6) is 1.03. The lowest BCUT2D eigenvalue weighted by Crippen LogP contribution is -2.19. The third-order valence-electron chi connectivity index (χ3n) is 4.68. The average molecular weight is 316 g/mol. The van der Waals surface area contributed by atoms with Gasteiger partial charge in [0, 0.05) is 13.2 Å². The minimum atomic E-state index is 0.245. The van der Waals surface area contributed by atoms with E-state index in [1.807, 2.05) is 0 Å². The highest BCUT2D eigenvalue weighted by Gasteiger charge is 2.22. The second-order valence-electron chi connectivity index (χ2n) is 6.70. The topological polar surface area (TPSA) is 12.5 Å². The van der Waals surface area contributed by atoms with Gasteiger partial charge in [-0.05, 0) is 43.4 Å². The smallest absolute Gasteiger partial charge is 0.143 e. The van der Waals surface area contributed by atoms with Crippen LogP contribution >= 0.6 is 0 Å². The third kappa shape index (κ3) is 5.30. The van der Waals surface area contributed by atoms with Crippen molar-refractivity contribution in [1.29, 1.82) is 0 Å². The number of rotatable bonds is 9. The molecule has 1 heterocycles. The molecule has 0 aromatic heterocycles. The van der Waals surface area contributed by atoms with Gasteiger partial charge in [0.2, 0.25) is 0 Å². The van der Waals surface area contributed by atoms with E-state index in [0.29, 0.717) is 0 Å². The van der Waals surface area contributed by atoms with Crippen LogP contribution in [0.3, 0.4) is 0 Å². The summed E-state index contributed by atoms with van der Waals surface area (Å²) >= 11 is 0. The fraction of sp³-hybridized carbons (Fsp3) is 0.619. The molecule has 1 unspecified atom stereocenters. The van der Waals surface area contributed by atoms with Crippen LogP contribution in [0.2, 0.25) is 0 Å².